The Morgan fingerprint density at radius 2 is 2.05 bits per heavy atom. The van der Waals surface area contributed by atoms with Crippen LogP contribution in [0.25, 0.3) is 11.3 Å². The topological polar surface area (TPSA) is 91.9 Å². The fourth-order valence-corrected chi connectivity index (χ4v) is 1.62. The number of hydrogen-bond acceptors (Lipinski definition) is 5. The number of aromatic hydroxyl groups is 2. The van der Waals surface area contributed by atoms with Crippen molar-refractivity contribution in [2.45, 2.75) is 6.92 Å². The lowest BCUT2D eigenvalue weighted by Gasteiger charge is -2.02. The molecule has 0 saturated heterocycles. The van der Waals surface area contributed by atoms with E-state index >= 15 is 0 Å². The van der Waals surface area contributed by atoms with Crippen molar-refractivity contribution in [1.82, 2.24) is 0 Å². The monoisotopic (exact) mass is 299 g/mol. The summed E-state index contributed by atoms with van der Waals surface area (Å²) in [5, 5.41) is 21.4. The van der Waals surface area contributed by atoms with Crippen LogP contribution in [0.1, 0.15) is 6.92 Å². The van der Waals surface area contributed by atoms with Crippen LogP contribution in [-0.4, -0.2) is 22.9 Å². The van der Waals surface area contributed by atoms with E-state index in [9.17, 15) is 23.8 Å². The lowest BCUT2D eigenvalue weighted by Crippen LogP contribution is -2.12. The molecule has 0 radical (unpaired) electrons. The Hall–Kier alpha value is -2.77. The van der Waals surface area contributed by atoms with Crippen LogP contribution in [0.5, 0.6) is 11.5 Å². The number of nitrogens with one attached hydrogen (secondary N) is 1. The minimum absolute atomic E-state index is 0.0741. The second kappa shape index (κ2) is 5.70. The second-order valence-electron chi connectivity index (χ2n) is 3.90. The summed E-state index contributed by atoms with van der Waals surface area (Å²) in [4.78, 5) is 11.2. The van der Waals surface area contributed by atoms with Gasteiger partial charge in [-0.05, 0) is 19.1 Å². The zero-order chi connectivity index (χ0) is 15.6. The summed E-state index contributed by atoms with van der Waals surface area (Å²) in [6.07, 6.45) is -0.937. The van der Waals surface area contributed by atoms with E-state index < -0.39 is 46.4 Å². The molecule has 0 atom stereocenters. The maximum absolute atomic E-state index is 13.7. The third-order valence-electron chi connectivity index (χ3n) is 2.55. The average Bonchev–Trinajstić information content (AvgIpc) is 2.71. The molecular formula is C13H11F2NO5. The van der Waals surface area contributed by atoms with Crippen LogP contribution < -0.4 is 5.32 Å². The van der Waals surface area contributed by atoms with Crippen LogP contribution in [0.3, 0.4) is 0 Å². The van der Waals surface area contributed by atoms with Crippen LogP contribution in [0.15, 0.2) is 22.6 Å². The fourth-order valence-electron chi connectivity index (χ4n) is 1.62. The molecule has 0 aliphatic carbocycles. The first-order chi connectivity index (χ1) is 9.95. The normalized spacial score (nSPS) is 10.4. The van der Waals surface area contributed by atoms with E-state index in [4.69, 9.17) is 4.42 Å². The Kier molecular flexibility index (Phi) is 3.97. The molecule has 1 aromatic carbocycles. The highest BCUT2D eigenvalue weighted by Crippen LogP contribution is 2.45. The van der Waals surface area contributed by atoms with E-state index in [1.165, 1.54) is 6.07 Å². The first-order valence-corrected chi connectivity index (χ1v) is 5.88. The third kappa shape index (κ3) is 2.73. The Labute approximate surface area is 117 Å². The van der Waals surface area contributed by atoms with Gasteiger partial charge in [0.25, 0.3) is 0 Å². The molecular weight excluding hydrogens is 288 g/mol. The molecule has 0 saturated carbocycles. The maximum Gasteiger partial charge on any atom is 0.414 e. The summed E-state index contributed by atoms with van der Waals surface area (Å²) in [5.41, 5.74) is -0.403. The molecule has 2 rings (SSSR count). The number of amides is 1. The van der Waals surface area contributed by atoms with E-state index in [-0.39, 0.29) is 6.61 Å². The SMILES string of the molecule is CCOC(=O)Nc1oc(-c2cccc(F)c2F)c(O)c1O. The number of carbonyl (C=O) groups is 1. The van der Waals surface area contributed by atoms with Crippen LogP contribution >= 0.6 is 0 Å². The molecule has 2 aromatic rings. The second-order valence-corrected chi connectivity index (χ2v) is 3.90. The number of hydrogen-bond donors (Lipinski definition) is 3. The molecule has 0 fully saturated rings. The summed E-state index contributed by atoms with van der Waals surface area (Å²) in [5.74, 6) is -5.11. The molecule has 1 heterocycles. The largest absolute Gasteiger partial charge is 0.502 e. The zero-order valence-electron chi connectivity index (χ0n) is 10.8. The Balaban J connectivity index is 2.42. The van der Waals surface area contributed by atoms with Crippen molar-refractivity contribution in [3.05, 3.63) is 29.8 Å². The van der Waals surface area contributed by atoms with Crippen LogP contribution in [-0.2, 0) is 4.74 Å². The quantitative estimate of drug-likeness (QED) is 0.809. The number of rotatable bonds is 3. The molecule has 0 spiro atoms. The first kappa shape index (κ1) is 14.6. The molecule has 3 N–H and O–H groups in total. The number of carbonyl (C=O) groups excluding carboxylic acids is 1. The zero-order valence-corrected chi connectivity index (χ0v) is 10.8. The van der Waals surface area contributed by atoms with Crippen molar-refractivity contribution in [2.24, 2.45) is 0 Å². The van der Waals surface area contributed by atoms with Gasteiger partial charge in [0, 0.05) is 0 Å². The molecule has 0 aliphatic heterocycles. The molecule has 0 aliphatic rings. The van der Waals surface area contributed by atoms with Gasteiger partial charge in [-0.2, -0.15) is 0 Å². The standard InChI is InChI=1S/C13H11F2NO5/c1-2-20-13(19)16-12-10(18)9(17)11(21-12)6-4-3-5-7(14)8(6)15/h3-5,17-18H,2H2,1H3,(H,16,19). The van der Waals surface area contributed by atoms with E-state index in [1.807, 2.05) is 5.32 Å². The van der Waals surface area contributed by atoms with Gasteiger partial charge >= 0.3 is 6.09 Å². The predicted octanol–water partition coefficient (Wildman–Crippen LogP) is 3.20. The van der Waals surface area contributed by atoms with Gasteiger partial charge in [-0.25, -0.2) is 13.6 Å². The molecule has 21 heavy (non-hydrogen) atoms. The van der Waals surface area contributed by atoms with Gasteiger partial charge < -0.3 is 19.4 Å². The van der Waals surface area contributed by atoms with E-state index in [2.05, 4.69) is 4.74 Å². The highest BCUT2D eigenvalue weighted by Gasteiger charge is 2.25. The first-order valence-electron chi connectivity index (χ1n) is 5.88. The summed E-state index contributed by atoms with van der Waals surface area (Å²) in [7, 11) is 0. The van der Waals surface area contributed by atoms with Gasteiger partial charge in [0.15, 0.2) is 17.4 Å². The van der Waals surface area contributed by atoms with Crippen molar-refractivity contribution in [3.8, 4) is 22.8 Å². The average molecular weight is 299 g/mol. The van der Waals surface area contributed by atoms with Crippen molar-refractivity contribution in [1.29, 1.82) is 0 Å². The van der Waals surface area contributed by atoms with Crippen molar-refractivity contribution in [2.75, 3.05) is 11.9 Å². The third-order valence-corrected chi connectivity index (χ3v) is 2.55. The Morgan fingerprint density at radius 3 is 2.71 bits per heavy atom. The Bertz CT molecular complexity index is 683. The minimum Gasteiger partial charge on any atom is -0.502 e. The minimum atomic E-state index is -1.26. The van der Waals surface area contributed by atoms with Crippen molar-refractivity contribution < 1.29 is 32.9 Å². The highest BCUT2D eigenvalue weighted by atomic mass is 19.2. The fraction of sp³-hybridized carbons (Fsp3) is 0.154. The molecule has 1 aromatic heterocycles. The Morgan fingerprint density at radius 1 is 1.33 bits per heavy atom. The number of ether oxygens (including phenoxy) is 1. The predicted molar refractivity (Wildman–Crippen MR) is 68.0 cm³/mol. The van der Waals surface area contributed by atoms with Gasteiger partial charge in [-0.15, -0.1) is 0 Å². The van der Waals surface area contributed by atoms with Crippen molar-refractivity contribution >= 4 is 12.0 Å². The maximum atomic E-state index is 13.7. The lowest BCUT2D eigenvalue weighted by molar-refractivity contribution is 0.167. The number of furan rings is 1. The number of benzene rings is 1. The molecule has 0 bridgehead atoms. The number of anilines is 1. The summed E-state index contributed by atoms with van der Waals surface area (Å²) < 4.78 is 36.3. The molecule has 0 unspecified atom stereocenters. The van der Waals surface area contributed by atoms with Crippen LogP contribution in [0.2, 0.25) is 0 Å². The molecule has 8 heteroatoms. The van der Waals surface area contributed by atoms with E-state index in [1.54, 1.807) is 6.92 Å². The lowest BCUT2D eigenvalue weighted by atomic mass is 10.1. The van der Waals surface area contributed by atoms with Crippen LogP contribution in [0.4, 0.5) is 19.5 Å². The van der Waals surface area contributed by atoms with Gasteiger partial charge in [0.1, 0.15) is 0 Å². The molecule has 1 amide bonds. The summed E-state index contributed by atoms with van der Waals surface area (Å²) in [6.45, 7) is 1.64. The molecule has 112 valence electrons. The van der Waals surface area contributed by atoms with E-state index in [0.29, 0.717) is 0 Å². The summed E-state index contributed by atoms with van der Waals surface area (Å²) >= 11 is 0. The van der Waals surface area contributed by atoms with Gasteiger partial charge in [-0.3, -0.25) is 5.32 Å². The highest BCUT2D eigenvalue weighted by molar-refractivity contribution is 5.87. The van der Waals surface area contributed by atoms with Crippen molar-refractivity contribution in [3.63, 3.8) is 0 Å². The van der Waals surface area contributed by atoms with E-state index in [0.717, 1.165) is 12.1 Å². The smallest absolute Gasteiger partial charge is 0.414 e. The molecule has 6 nitrogen and oxygen atoms in total. The van der Waals surface area contributed by atoms with Crippen LogP contribution in [0, 0.1) is 11.6 Å². The summed E-state index contributed by atoms with van der Waals surface area (Å²) in [6, 6.07) is 3.23. The van der Waals surface area contributed by atoms with Gasteiger partial charge in [0.2, 0.25) is 17.4 Å². The van der Waals surface area contributed by atoms with Gasteiger partial charge in [-0.1, -0.05) is 6.07 Å². The van der Waals surface area contributed by atoms with Gasteiger partial charge in [0.05, 0.1) is 12.2 Å². The number of halogens is 2.